The van der Waals surface area contributed by atoms with Crippen LogP contribution in [0.25, 0.3) is 0 Å². The fraction of sp³-hybridized carbons (Fsp3) is 0.455. The molecule has 3 aliphatic rings. The Morgan fingerprint density at radius 1 is 0.963 bits per heavy atom. The van der Waals surface area contributed by atoms with E-state index >= 15 is 0 Å². The van der Waals surface area contributed by atoms with Crippen LogP contribution in [0.15, 0.2) is 24.3 Å². The van der Waals surface area contributed by atoms with E-state index in [1.807, 2.05) is 0 Å². The minimum atomic E-state index is 0.330. The highest BCUT2D eigenvalue weighted by molar-refractivity contribution is 5.52. The molecule has 0 saturated heterocycles. The molecule has 2 aromatic rings. The van der Waals surface area contributed by atoms with Crippen molar-refractivity contribution in [3.8, 4) is 23.0 Å². The summed E-state index contributed by atoms with van der Waals surface area (Å²) in [5.74, 6) is 3.43. The largest absolute Gasteiger partial charge is 0.493 e. The molecule has 2 aromatic carbocycles. The van der Waals surface area contributed by atoms with Crippen molar-refractivity contribution in [1.29, 1.82) is 0 Å². The molecule has 0 radical (unpaired) electrons. The second kappa shape index (κ2) is 6.06. The van der Waals surface area contributed by atoms with E-state index < -0.39 is 0 Å². The van der Waals surface area contributed by atoms with E-state index in [-0.39, 0.29) is 0 Å². The van der Waals surface area contributed by atoms with Gasteiger partial charge in [0.1, 0.15) is 12.6 Å². The summed E-state index contributed by atoms with van der Waals surface area (Å²) in [5.41, 5.74) is 5.59. The van der Waals surface area contributed by atoms with Gasteiger partial charge < -0.3 is 23.4 Å². The molecule has 5 heteroatoms. The van der Waals surface area contributed by atoms with Gasteiger partial charge in [-0.1, -0.05) is 0 Å². The first kappa shape index (κ1) is 16.8. The predicted octanol–water partition coefficient (Wildman–Crippen LogP) is 3.62. The van der Waals surface area contributed by atoms with Gasteiger partial charge >= 0.3 is 0 Å². The zero-order valence-corrected chi connectivity index (χ0v) is 16.2. The maximum absolute atomic E-state index is 5.68. The maximum Gasteiger partial charge on any atom is 0.231 e. The highest BCUT2D eigenvalue weighted by Gasteiger charge is 2.45. The van der Waals surface area contributed by atoms with E-state index in [4.69, 9.17) is 18.9 Å². The summed E-state index contributed by atoms with van der Waals surface area (Å²) in [4.78, 5) is 0. The lowest BCUT2D eigenvalue weighted by Gasteiger charge is -2.51. The first-order valence-electron chi connectivity index (χ1n) is 9.69. The molecule has 142 valence electrons. The number of quaternary nitrogens is 1. The zero-order valence-electron chi connectivity index (χ0n) is 16.2. The van der Waals surface area contributed by atoms with Gasteiger partial charge in [0.25, 0.3) is 0 Å². The van der Waals surface area contributed by atoms with Gasteiger partial charge in [-0.3, -0.25) is 0 Å². The van der Waals surface area contributed by atoms with E-state index in [9.17, 15) is 0 Å². The van der Waals surface area contributed by atoms with Gasteiger partial charge in [0, 0.05) is 24.0 Å². The summed E-state index contributed by atoms with van der Waals surface area (Å²) in [7, 11) is 3.41. The van der Waals surface area contributed by atoms with Crippen LogP contribution >= 0.6 is 0 Å². The SMILES string of the molecule is CC[N+]12CCc3cc4c(cc3C1Cc1cc(OC)c(OC)cc1C2)OCO4. The molecule has 5 nitrogen and oxygen atoms in total. The Bertz CT molecular complexity index is 910. The molecule has 2 atom stereocenters. The zero-order chi connectivity index (χ0) is 18.6. The van der Waals surface area contributed by atoms with Crippen molar-refractivity contribution < 1.29 is 23.4 Å². The molecule has 0 fully saturated rings. The summed E-state index contributed by atoms with van der Waals surface area (Å²) in [6.45, 7) is 5.95. The molecule has 0 bridgehead atoms. The fourth-order valence-electron chi connectivity index (χ4n) is 5.15. The monoisotopic (exact) mass is 368 g/mol. The number of benzene rings is 2. The van der Waals surface area contributed by atoms with Gasteiger partial charge in [-0.15, -0.1) is 0 Å². The van der Waals surface area contributed by atoms with E-state index in [0.717, 1.165) is 60.0 Å². The van der Waals surface area contributed by atoms with E-state index in [1.54, 1.807) is 14.2 Å². The van der Waals surface area contributed by atoms with Crippen LogP contribution < -0.4 is 18.9 Å². The lowest BCUT2D eigenvalue weighted by Crippen LogP contribution is -2.56. The molecular weight excluding hydrogens is 342 g/mol. The molecule has 5 rings (SSSR count). The van der Waals surface area contributed by atoms with E-state index in [1.165, 1.54) is 22.3 Å². The standard InChI is InChI=1S/C22H26NO4/c1-4-23-6-5-14-8-21-22(27-13-26-21)11-17(14)18(23)7-15-9-19(24-2)20(25-3)10-16(15)12-23/h8-11,18H,4-7,12-13H2,1-3H3/q+1. The highest BCUT2D eigenvalue weighted by atomic mass is 16.7. The van der Waals surface area contributed by atoms with Gasteiger partial charge in [-0.05, 0) is 42.3 Å². The number of ether oxygens (including phenoxy) is 4. The number of nitrogens with zero attached hydrogens (tertiary/aromatic N) is 1. The average molecular weight is 368 g/mol. The Kier molecular flexibility index (Phi) is 3.76. The molecule has 0 amide bonds. The van der Waals surface area contributed by atoms with Crippen LogP contribution in [0.1, 0.15) is 35.2 Å². The predicted molar refractivity (Wildman–Crippen MR) is 102 cm³/mol. The van der Waals surface area contributed by atoms with Crippen molar-refractivity contribution in [2.75, 3.05) is 34.1 Å². The van der Waals surface area contributed by atoms with E-state index in [0.29, 0.717) is 12.8 Å². The number of hydrogen-bond donors (Lipinski definition) is 0. The molecule has 0 aromatic heterocycles. The molecular formula is C22H26NO4+. The van der Waals surface area contributed by atoms with Crippen LogP contribution in [0, 0.1) is 0 Å². The van der Waals surface area contributed by atoms with Gasteiger partial charge in [0.15, 0.2) is 23.0 Å². The van der Waals surface area contributed by atoms with Crippen molar-refractivity contribution in [3.05, 3.63) is 46.5 Å². The molecule has 0 saturated carbocycles. The van der Waals surface area contributed by atoms with Crippen LogP contribution in [0.2, 0.25) is 0 Å². The highest BCUT2D eigenvalue weighted by Crippen LogP contribution is 2.49. The summed E-state index contributed by atoms with van der Waals surface area (Å²) in [5, 5.41) is 0. The number of likely N-dealkylation sites (N-methyl/N-ethyl adjacent to an activating group) is 1. The summed E-state index contributed by atoms with van der Waals surface area (Å²) >= 11 is 0. The third kappa shape index (κ3) is 2.41. The molecule has 0 N–H and O–H groups in total. The fourth-order valence-corrected chi connectivity index (χ4v) is 5.15. The molecule has 3 heterocycles. The van der Waals surface area contributed by atoms with Crippen LogP contribution in [0.3, 0.4) is 0 Å². The Hall–Kier alpha value is -2.40. The van der Waals surface area contributed by atoms with Crippen LogP contribution in [0.4, 0.5) is 0 Å². The van der Waals surface area contributed by atoms with Gasteiger partial charge in [-0.25, -0.2) is 0 Å². The summed E-state index contributed by atoms with van der Waals surface area (Å²) in [6, 6.07) is 9.22. The van der Waals surface area contributed by atoms with Gasteiger partial charge in [0.2, 0.25) is 6.79 Å². The minimum Gasteiger partial charge on any atom is -0.493 e. The van der Waals surface area contributed by atoms with Crippen molar-refractivity contribution in [2.45, 2.75) is 32.4 Å². The van der Waals surface area contributed by atoms with Gasteiger partial charge in [0.05, 0.1) is 27.3 Å². The summed E-state index contributed by atoms with van der Waals surface area (Å²) < 4.78 is 23.5. The lowest BCUT2D eigenvalue weighted by atomic mass is 9.81. The normalized spacial score (nSPS) is 24.6. The molecule has 0 spiro atoms. The third-order valence-electron chi connectivity index (χ3n) is 6.72. The topological polar surface area (TPSA) is 36.9 Å². The first-order valence-corrected chi connectivity index (χ1v) is 9.69. The maximum atomic E-state index is 5.68. The van der Waals surface area contributed by atoms with Crippen molar-refractivity contribution in [3.63, 3.8) is 0 Å². The third-order valence-corrected chi connectivity index (χ3v) is 6.72. The van der Waals surface area contributed by atoms with Crippen molar-refractivity contribution >= 4 is 0 Å². The van der Waals surface area contributed by atoms with Gasteiger partial charge in [-0.2, -0.15) is 0 Å². The Balaban J connectivity index is 1.62. The first-order chi connectivity index (χ1) is 13.2. The number of fused-ring (bicyclic) bond motifs is 5. The molecule has 27 heavy (non-hydrogen) atoms. The average Bonchev–Trinajstić information content (AvgIpc) is 3.17. The molecule has 0 aliphatic carbocycles. The number of rotatable bonds is 3. The Labute approximate surface area is 160 Å². The summed E-state index contributed by atoms with van der Waals surface area (Å²) in [6.07, 6.45) is 2.09. The van der Waals surface area contributed by atoms with Crippen molar-refractivity contribution in [1.82, 2.24) is 0 Å². The van der Waals surface area contributed by atoms with Crippen LogP contribution in [-0.4, -0.2) is 38.6 Å². The minimum absolute atomic E-state index is 0.330. The molecule has 2 unspecified atom stereocenters. The smallest absolute Gasteiger partial charge is 0.231 e. The van der Waals surface area contributed by atoms with E-state index in [2.05, 4.69) is 31.2 Å². The lowest BCUT2D eigenvalue weighted by molar-refractivity contribution is -0.972. The number of hydrogen-bond acceptors (Lipinski definition) is 4. The van der Waals surface area contributed by atoms with Crippen LogP contribution in [-0.2, 0) is 19.4 Å². The van der Waals surface area contributed by atoms with Crippen LogP contribution in [0.5, 0.6) is 23.0 Å². The molecule has 3 aliphatic heterocycles. The van der Waals surface area contributed by atoms with Crippen molar-refractivity contribution in [2.24, 2.45) is 0 Å². The quantitative estimate of drug-likeness (QED) is 0.776. The Morgan fingerprint density at radius 2 is 1.67 bits per heavy atom. The second-order valence-corrected chi connectivity index (χ2v) is 7.77. The number of methoxy groups -OCH3 is 2. The second-order valence-electron chi connectivity index (χ2n) is 7.77. The Morgan fingerprint density at radius 3 is 2.37 bits per heavy atom.